The standard InChI is InChI=1S/C17H30O9/c1-15(2)17(20)26-14-13-25-12-11-24-10-9-23-8-7-22-6-5-21-4-3-16(18)19/h1,3-14H2,2H3,(H,18,19). The Hall–Kier alpha value is -1.52. The zero-order chi connectivity index (χ0) is 19.5. The smallest absolute Gasteiger partial charge is 0.333 e. The van der Waals surface area contributed by atoms with Crippen molar-refractivity contribution in [2.75, 3.05) is 72.7 Å². The molecule has 0 bridgehead atoms. The maximum Gasteiger partial charge on any atom is 0.333 e. The van der Waals surface area contributed by atoms with Crippen molar-refractivity contribution in [2.45, 2.75) is 13.3 Å². The zero-order valence-corrected chi connectivity index (χ0v) is 15.4. The highest BCUT2D eigenvalue weighted by Gasteiger charge is 2.01. The molecule has 0 fully saturated rings. The lowest BCUT2D eigenvalue weighted by atomic mass is 10.4. The third kappa shape index (κ3) is 18.8. The first-order valence-corrected chi connectivity index (χ1v) is 8.47. The molecule has 0 saturated heterocycles. The third-order valence-electron chi connectivity index (χ3n) is 2.76. The summed E-state index contributed by atoms with van der Waals surface area (Å²) in [4.78, 5) is 21.3. The summed E-state index contributed by atoms with van der Waals surface area (Å²) in [6.45, 7) is 9.17. The number of esters is 1. The normalized spacial score (nSPS) is 10.7. The van der Waals surface area contributed by atoms with E-state index in [1.54, 1.807) is 6.92 Å². The Morgan fingerprint density at radius 3 is 1.38 bits per heavy atom. The maximum absolute atomic E-state index is 11.1. The van der Waals surface area contributed by atoms with E-state index >= 15 is 0 Å². The van der Waals surface area contributed by atoms with Gasteiger partial charge in [0, 0.05) is 5.57 Å². The van der Waals surface area contributed by atoms with Gasteiger partial charge in [-0.2, -0.15) is 0 Å². The van der Waals surface area contributed by atoms with Crippen LogP contribution in [0.2, 0.25) is 0 Å². The summed E-state index contributed by atoms with van der Waals surface area (Å²) in [6.07, 6.45) is -0.00336. The lowest BCUT2D eigenvalue weighted by Gasteiger charge is -2.08. The van der Waals surface area contributed by atoms with Crippen LogP contribution in [-0.2, 0) is 38.0 Å². The molecule has 0 aromatic rings. The topological polar surface area (TPSA) is 110 Å². The highest BCUT2D eigenvalue weighted by molar-refractivity contribution is 5.86. The van der Waals surface area contributed by atoms with E-state index in [-0.39, 0.29) is 19.6 Å². The molecule has 9 nitrogen and oxygen atoms in total. The Labute approximate surface area is 154 Å². The van der Waals surface area contributed by atoms with Gasteiger partial charge in [0.05, 0.1) is 72.5 Å². The van der Waals surface area contributed by atoms with Crippen molar-refractivity contribution in [1.82, 2.24) is 0 Å². The highest BCUT2D eigenvalue weighted by atomic mass is 16.6. The van der Waals surface area contributed by atoms with Crippen molar-refractivity contribution in [3.8, 4) is 0 Å². The van der Waals surface area contributed by atoms with Gasteiger partial charge in [-0.25, -0.2) is 4.79 Å². The van der Waals surface area contributed by atoms with Crippen molar-refractivity contribution in [3.63, 3.8) is 0 Å². The van der Waals surface area contributed by atoms with Crippen molar-refractivity contribution < 1.29 is 43.1 Å². The first-order valence-electron chi connectivity index (χ1n) is 8.47. The van der Waals surface area contributed by atoms with E-state index in [2.05, 4.69) is 6.58 Å². The number of carbonyl (C=O) groups is 2. The second-order valence-corrected chi connectivity index (χ2v) is 5.12. The maximum atomic E-state index is 11.1. The molecule has 0 heterocycles. The fourth-order valence-electron chi connectivity index (χ4n) is 1.46. The molecule has 0 saturated carbocycles. The molecule has 0 unspecified atom stereocenters. The van der Waals surface area contributed by atoms with Crippen LogP contribution in [0.5, 0.6) is 0 Å². The molecule has 152 valence electrons. The van der Waals surface area contributed by atoms with Gasteiger partial charge in [0.15, 0.2) is 0 Å². The summed E-state index contributed by atoms with van der Waals surface area (Å²) in [5, 5.41) is 8.41. The molecule has 9 heteroatoms. The second-order valence-electron chi connectivity index (χ2n) is 5.12. The van der Waals surface area contributed by atoms with E-state index in [4.69, 9.17) is 33.5 Å². The fourth-order valence-corrected chi connectivity index (χ4v) is 1.46. The number of carbonyl (C=O) groups excluding carboxylic acids is 1. The molecule has 0 radical (unpaired) electrons. The van der Waals surface area contributed by atoms with Gasteiger partial charge in [-0.05, 0) is 6.92 Å². The average molecular weight is 378 g/mol. The van der Waals surface area contributed by atoms with Crippen molar-refractivity contribution in [2.24, 2.45) is 0 Å². The van der Waals surface area contributed by atoms with Gasteiger partial charge in [-0.1, -0.05) is 6.58 Å². The van der Waals surface area contributed by atoms with Gasteiger partial charge >= 0.3 is 11.9 Å². The highest BCUT2D eigenvalue weighted by Crippen LogP contribution is 1.91. The van der Waals surface area contributed by atoms with Crippen LogP contribution in [0, 0.1) is 0 Å². The number of rotatable bonds is 19. The van der Waals surface area contributed by atoms with Gasteiger partial charge < -0.3 is 33.5 Å². The van der Waals surface area contributed by atoms with Crippen LogP contribution >= 0.6 is 0 Å². The van der Waals surface area contributed by atoms with Gasteiger partial charge in [0.25, 0.3) is 0 Å². The number of hydrogen-bond donors (Lipinski definition) is 1. The number of aliphatic carboxylic acids is 1. The van der Waals surface area contributed by atoms with Crippen molar-refractivity contribution in [3.05, 3.63) is 12.2 Å². The number of hydrogen-bond acceptors (Lipinski definition) is 8. The summed E-state index contributed by atoms with van der Waals surface area (Å²) in [5.74, 6) is -1.30. The number of ether oxygens (including phenoxy) is 6. The van der Waals surface area contributed by atoms with E-state index in [0.717, 1.165) is 0 Å². The number of carboxylic acid groups (broad SMARTS) is 1. The monoisotopic (exact) mass is 378 g/mol. The Morgan fingerprint density at radius 2 is 1.04 bits per heavy atom. The summed E-state index contributed by atoms with van der Waals surface area (Å²) >= 11 is 0. The summed E-state index contributed by atoms with van der Waals surface area (Å²) in [7, 11) is 0. The van der Waals surface area contributed by atoms with Crippen LogP contribution in [0.3, 0.4) is 0 Å². The quantitative estimate of drug-likeness (QED) is 0.197. The molecule has 0 amide bonds. The first-order chi connectivity index (χ1) is 12.5. The Morgan fingerprint density at radius 1 is 0.692 bits per heavy atom. The Kier molecular flexibility index (Phi) is 17.2. The van der Waals surface area contributed by atoms with Crippen LogP contribution in [0.1, 0.15) is 13.3 Å². The SMILES string of the molecule is C=C(C)C(=O)OCCOCCOCCOCCOCCOCCC(=O)O. The molecular formula is C17H30O9. The second kappa shape index (κ2) is 18.3. The predicted octanol–water partition coefficient (Wildman–Crippen LogP) is 0.663. The van der Waals surface area contributed by atoms with E-state index in [0.29, 0.717) is 65.0 Å². The molecule has 0 rings (SSSR count). The van der Waals surface area contributed by atoms with Crippen LogP contribution in [-0.4, -0.2) is 89.7 Å². The minimum Gasteiger partial charge on any atom is -0.481 e. The molecule has 0 aliphatic rings. The van der Waals surface area contributed by atoms with Crippen molar-refractivity contribution in [1.29, 1.82) is 0 Å². The lowest BCUT2D eigenvalue weighted by Crippen LogP contribution is -2.15. The molecule has 0 aliphatic heterocycles. The number of carboxylic acids is 1. The van der Waals surface area contributed by atoms with Gasteiger partial charge in [0.2, 0.25) is 0 Å². The zero-order valence-electron chi connectivity index (χ0n) is 15.4. The molecule has 0 aliphatic carbocycles. The van der Waals surface area contributed by atoms with Gasteiger partial charge in [-0.15, -0.1) is 0 Å². The molecule has 0 atom stereocenters. The molecule has 26 heavy (non-hydrogen) atoms. The van der Waals surface area contributed by atoms with Crippen LogP contribution in [0.25, 0.3) is 0 Å². The van der Waals surface area contributed by atoms with E-state index < -0.39 is 11.9 Å². The van der Waals surface area contributed by atoms with Crippen LogP contribution in [0.15, 0.2) is 12.2 Å². The average Bonchev–Trinajstić information content (AvgIpc) is 2.60. The van der Waals surface area contributed by atoms with Crippen molar-refractivity contribution >= 4 is 11.9 Å². The Balaban J connectivity index is 3.08. The minimum atomic E-state index is -0.878. The first kappa shape index (κ1) is 24.5. The largest absolute Gasteiger partial charge is 0.481 e. The molecule has 1 N–H and O–H groups in total. The van der Waals surface area contributed by atoms with Crippen LogP contribution < -0.4 is 0 Å². The van der Waals surface area contributed by atoms with Crippen LogP contribution in [0.4, 0.5) is 0 Å². The van der Waals surface area contributed by atoms with Gasteiger partial charge in [-0.3, -0.25) is 4.79 Å². The lowest BCUT2D eigenvalue weighted by molar-refractivity contribution is -0.141. The molecular weight excluding hydrogens is 348 g/mol. The van der Waals surface area contributed by atoms with E-state index in [9.17, 15) is 9.59 Å². The Bertz CT molecular complexity index is 384. The summed E-state index contributed by atoms with van der Waals surface area (Å²) in [5.41, 5.74) is 0.364. The molecule has 0 aromatic carbocycles. The summed E-state index contributed by atoms with van der Waals surface area (Å²) < 4.78 is 31.0. The van der Waals surface area contributed by atoms with E-state index in [1.165, 1.54) is 0 Å². The summed E-state index contributed by atoms with van der Waals surface area (Å²) in [6, 6.07) is 0. The fraction of sp³-hybridized carbons (Fsp3) is 0.765. The van der Waals surface area contributed by atoms with Gasteiger partial charge in [0.1, 0.15) is 6.61 Å². The minimum absolute atomic E-state index is 0.00336. The molecule has 0 spiro atoms. The predicted molar refractivity (Wildman–Crippen MR) is 92.1 cm³/mol. The molecule has 0 aromatic heterocycles. The van der Waals surface area contributed by atoms with E-state index in [1.807, 2.05) is 0 Å². The third-order valence-corrected chi connectivity index (χ3v) is 2.76.